The second kappa shape index (κ2) is 9.24. The number of hydrogen-bond acceptors (Lipinski definition) is 6. The van der Waals surface area contributed by atoms with Gasteiger partial charge in [0.25, 0.3) is 5.91 Å². The lowest BCUT2D eigenvalue weighted by atomic mass is 10.2. The molecule has 0 aliphatic rings. The minimum absolute atomic E-state index is 0.0170. The quantitative estimate of drug-likeness (QED) is 0.584. The molecule has 0 radical (unpaired) electrons. The molecule has 2 aromatic carbocycles. The summed E-state index contributed by atoms with van der Waals surface area (Å²) in [6.45, 7) is -0.0170. The average Bonchev–Trinajstić information content (AvgIpc) is 2.70. The summed E-state index contributed by atoms with van der Waals surface area (Å²) in [5.41, 5.74) is 2.42. The fourth-order valence-electron chi connectivity index (χ4n) is 2.40. The second-order valence-corrected chi connectivity index (χ2v) is 5.79. The molecule has 1 aromatic heterocycles. The van der Waals surface area contributed by atoms with Crippen LogP contribution in [0.5, 0.6) is 0 Å². The van der Waals surface area contributed by atoms with Gasteiger partial charge in [-0.2, -0.15) is 0 Å². The van der Waals surface area contributed by atoms with E-state index in [1.807, 2.05) is 6.07 Å². The zero-order valence-electron chi connectivity index (χ0n) is 15.2. The number of amides is 2. The van der Waals surface area contributed by atoms with Gasteiger partial charge in [-0.15, -0.1) is 0 Å². The Morgan fingerprint density at radius 1 is 0.893 bits per heavy atom. The van der Waals surface area contributed by atoms with Gasteiger partial charge in [0, 0.05) is 42.1 Å². The van der Waals surface area contributed by atoms with Crippen molar-refractivity contribution in [1.29, 1.82) is 0 Å². The van der Waals surface area contributed by atoms with Crippen LogP contribution in [0.1, 0.15) is 10.4 Å². The third kappa shape index (κ3) is 5.36. The molecule has 0 aliphatic heterocycles. The van der Waals surface area contributed by atoms with Crippen molar-refractivity contribution in [2.75, 3.05) is 29.7 Å². The molecule has 142 valence electrons. The van der Waals surface area contributed by atoms with Crippen LogP contribution >= 0.6 is 0 Å². The zero-order chi connectivity index (χ0) is 19.8. The average molecular weight is 377 g/mol. The Morgan fingerprint density at radius 2 is 1.57 bits per heavy atom. The zero-order valence-corrected chi connectivity index (χ0v) is 15.2. The Hall–Kier alpha value is -3.78. The van der Waals surface area contributed by atoms with Crippen LogP contribution < -0.4 is 16.0 Å². The van der Waals surface area contributed by atoms with Crippen molar-refractivity contribution in [2.24, 2.45) is 0 Å². The van der Waals surface area contributed by atoms with Crippen molar-refractivity contribution in [3.05, 3.63) is 72.6 Å². The first kappa shape index (κ1) is 19.0. The Labute approximate surface area is 162 Å². The molecule has 0 spiro atoms. The maximum Gasteiger partial charge on any atom is 0.255 e. The highest BCUT2D eigenvalue weighted by molar-refractivity contribution is 6.05. The van der Waals surface area contributed by atoms with E-state index in [1.165, 1.54) is 7.11 Å². The van der Waals surface area contributed by atoms with Gasteiger partial charge in [0.15, 0.2) is 0 Å². The molecule has 2 amide bonds. The lowest BCUT2D eigenvalue weighted by molar-refractivity contribution is -0.119. The molecule has 1 heterocycles. The summed E-state index contributed by atoms with van der Waals surface area (Å²) in [7, 11) is 1.45. The van der Waals surface area contributed by atoms with Gasteiger partial charge >= 0.3 is 0 Å². The number of ether oxygens (including phenoxy) is 1. The number of anilines is 4. The van der Waals surface area contributed by atoms with Crippen LogP contribution in [-0.2, 0) is 9.53 Å². The van der Waals surface area contributed by atoms with E-state index in [2.05, 4.69) is 25.9 Å². The van der Waals surface area contributed by atoms with Gasteiger partial charge < -0.3 is 20.7 Å². The van der Waals surface area contributed by atoms with E-state index in [1.54, 1.807) is 60.9 Å². The molecule has 3 aromatic rings. The van der Waals surface area contributed by atoms with Crippen LogP contribution in [0.3, 0.4) is 0 Å². The molecule has 0 aliphatic carbocycles. The van der Waals surface area contributed by atoms with Gasteiger partial charge in [0.2, 0.25) is 11.9 Å². The van der Waals surface area contributed by atoms with Crippen molar-refractivity contribution in [3.8, 4) is 0 Å². The predicted octanol–water partition coefficient (Wildman–Crippen LogP) is 3.06. The summed E-state index contributed by atoms with van der Waals surface area (Å²) in [6.07, 6.45) is 3.26. The Balaban J connectivity index is 1.63. The topological polar surface area (TPSA) is 105 Å². The summed E-state index contributed by atoms with van der Waals surface area (Å²) >= 11 is 0. The standard InChI is InChI=1S/C20H19N5O3/c1-28-13-18(26)23-15-6-8-16(9-7-15)24-19(27)14-4-2-5-17(12-14)25-20-21-10-3-11-22-20/h2-12H,13H2,1H3,(H,23,26)(H,24,27)(H,21,22,25). The number of rotatable bonds is 7. The third-order valence-corrected chi connectivity index (χ3v) is 3.65. The summed E-state index contributed by atoms with van der Waals surface area (Å²) < 4.78 is 4.77. The Morgan fingerprint density at radius 3 is 2.25 bits per heavy atom. The number of methoxy groups -OCH3 is 1. The summed E-state index contributed by atoms with van der Waals surface area (Å²) in [5, 5.41) is 8.55. The van der Waals surface area contributed by atoms with Gasteiger partial charge in [0.1, 0.15) is 6.61 Å². The van der Waals surface area contributed by atoms with Crippen molar-refractivity contribution in [3.63, 3.8) is 0 Å². The molecular formula is C20H19N5O3. The Bertz CT molecular complexity index is 946. The Kier molecular flexibility index (Phi) is 6.27. The molecule has 3 rings (SSSR count). The first-order valence-electron chi connectivity index (χ1n) is 8.48. The second-order valence-electron chi connectivity index (χ2n) is 5.79. The molecule has 0 unspecified atom stereocenters. The number of aromatic nitrogens is 2. The monoisotopic (exact) mass is 377 g/mol. The van der Waals surface area contributed by atoms with E-state index in [0.717, 1.165) is 0 Å². The normalized spacial score (nSPS) is 10.2. The highest BCUT2D eigenvalue weighted by Gasteiger charge is 2.08. The predicted molar refractivity (Wildman–Crippen MR) is 107 cm³/mol. The molecular weight excluding hydrogens is 358 g/mol. The van der Waals surface area contributed by atoms with Crippen LogP contribution in [0.25, 0.3) is 0 Å². The molecule has 28 heavy (non-hydrogen) atoms. The lowest BCUT2D eigenvalue weighted by Gasteiger charge is -2.09. The molecule has 0 saturated heterocycles. The van der Waals surface area contributed by atoms with Crippen LogP contribution in [0, 0.1) is 0 Å². The molecule has 0 saturated carbocycles. The fraction of sp³-hybridized carbons (Fsp3) is 0.100. The van der Waals surface area contributed by atoms with Gasteiger partial charge in [-0.1, -0.05) is 6.07 Å². The summed E-state index contributed by atoms with van der Waals surface area (Å²) in [5.74, 6) is -0.0500. The van der Waals surface area contributed by atoms with E-state index in [0.29, 0.717) is 28.6 Å². The van der Waals surface area contributed by atoms with Crippen molar-refractivity contribution in [2.45, 2.75) is 0 Å². The summed E-state index contributed by atoms with van der Waals surface area (Å²) in [4.78, 5) is 32.2. The minimum Gasteiger partial charge on any atom is -0.375 e. The molecule has 8 nitrogen and oxygen atoms in total. The van der Waals surface area contributed by atoms with Crippen molar-refractivity contribution >= 4 is 34.8 Å². The molecule has 0 atom stereocenters. The van der Waals surface area contributed by atoms with Crippen molar-refractivity contribution in [1.82, 2.24) is 9.97 Å². The minimum atomic E-state index is -0.256. The van der Waals surface area contributed by atoms with Crippen LogP contribution in [0.2, 0.25) is 0 Å². The van der Waals surface area contributed by atoms with Crippen molar-refractivity contribution < 1.29 is 14.3 Å². The molecule has 3 N–H and O–H groups in total. The van der Waals surface area contributed by atoms with E-state index in [9.17, 15) is 9.59 Å². The number of benzene rings is 2. The first-order valence-corrected chi connectivity index (χ1v) is 8.48. The lowest BCUT2D eigenvalue weighted by Crippen LogP contribution is -2.17. The fourth-order valence-corrected chi connectivity index (χ4v) is 2.40. The van der Waals surface area contributed by atoms with E-state index in [4.69, 9.17) is 4.74 Å². The first-order chi connectivity index (χ1) is 13.6. The number of carbonyl (C=O) groups is 2. The highest BCUT2D eigenvalue weighted by Crippen LogP contribution is 2.17. The number of hydrogen-bond donors (Lipinski definition) is 3. The third-order valence-electron chi connectivity index (χ3n) is 3.65. The molecule has 8 heteroatoms. The number of nitrogens with one attached hydrogen (secondary N) is 3. The summed E-state index contributed by atoms with van der Waals surface area (Å²) in [6, 6.07) is 15.6. The van der Waals surface area contributed by atoms with Crippen LogP contribution in [-0.4, -0.2) is 35.5 Å². The van der Waals surface area contributed by atoms with E-state index >= 15 is 0 Å². The largest absolute Gasteiger partial charge is 0.375 e. The smallest absolute Gasteiger partial charge is 0.255 e. The number of nitrogens with zero attached hydrogens (tertiary/aromatic N) is 2. The van der Waals surface area contributed by atoms with Gasteiger partial charge in [0.05, 0.1) is 0 Å². The highest BCUT2D eigenvalue weighted by atomic mass is 16.5. The van der Waals surface area contributed by atoms with Gasteiger partial charge in [-0.25, -0.2) is 9.97 Å². The number of carbonyl (C=O) groups excluding carboxylic acids is 2. The SMILES string of the molecule is COCC(=O)Nc1ccc(NC(=O)c2cccc(Nc3ncccn3)c2)cc1. The van der Waals surface area contributed by atoms with E-state index < -0.39 is 0 Å². The van der Waals surface area contributed by atoms with E-state index in [-0.39, 0.29) is 18.4 Å². The van der Waals surface area contributed by atoms with Crippen LogP contribution in [0.4, 0.5) is 23.0 Å². The maximum atomic E-state index is 12.5. The molecule has 0 fully saturated rings. The van der Waals surface area contributed by atoms with Gasteiger partial charge in [-0.05, 0) is 48.5 Å². The van der Waals surface area contributed by atoms with Crippen LogP contribution in [0.15, 0.2) is 67.0 Å². The maximum absolute atomic E-state index is 12.5. The molecule has 0 bridgehead atoms. The van der Waals surface area contributed by atoms with Gasteiger partial charge in [-0.3, -0.25) is 9.59 Å².